The molecule has 0 aromatic heterocycles. The van der Waals surface area contributed by atoms with Crippen LogP contribution >= 0.6 is 0 Å². The fourth-order valence-corrected chi connectivity index (χ4v) is 1.75. The van der Waals surface area contributed by atoms with Crippen LogP contribution in [0.1, 0.15) is 27.2 Å². The lowest BCUT2D eigenvalue weighted by atomic mass is 10.1. The number of ether oxygens (including phenoxy) is 3. The summed E-state index contributed by atoms with van der Waals surface area (Å²) in [7, 11) is 1.19. The summed E-state index contributed by atoms with van der Waals surface area (Å²) in [6.45, 7) is 4.77. The monoisotopic (exact) mass is 289 g/mol. The summed E-state index contributed by atoms with van der Waals surface area (Å²) in [6, 6.07) is -1.27. The van der Waals surface area contributed by atoms with Crippen LogP contribution < -0.4 is 0 Å². The quantitative estimate of drug-likeness (QED) is 0.759. The lowest BCUT2D eigenvalue weighted by Gasteiger charge is -2.26. The molecule has 1 N–H and O–H groups in total. The molecule has 0 unspecified atom stereocenters. The molecule has 20 heavy (non-hydrogen) atoms. The molecule has 0 saturated carbocycles. The van der Waals surface area contributed by atoms with Crippen LogP contribution in [-0.4, -0.2) is 59.6 Å². The lowest BCUT2D eigenvalue weighted by molar-refractivity contribution is -0.146. The van der Waals surface area contributed by atoms with Gasteiger partial charge in [-0.3, -0.25) is 9.69 Å². The zero-order valence-electron chi connectivity index (χ0n) is 11.9. The molecular formula is C12H19NO7. The molecule has 0 aliphatic carbocycles. The molecule has 0 aromatic carbocycles. The molecule has 0 spiro atoms. The Morgan fingerprint density at radius 3 is 2.40 bits per heavy atom. The van der Waals surface area contributed by atoms with E-state index in [0.717, 1.165) is 4.90 Å². The smallest absolute Gasteiger partial charge is 0.412 e. The Hall–Kier alpha value is -1.83. The highest BCUT2D eigenvalue weighted by Gasteiger charge is 2.45. The van der Waals surface area contributed by atoms with E-state index in [1.54, 1.807) is 20.8 Å². The number of nitrogens with zero attached hydrogens (tertiary/aromatic N) is 1. The van der Waals surface area contributed by atoms with Crippen molar-refractivity contribution in [2.45, 2.75) is 44.9 Å². The van der Waals surface area contributed by atoms with E-state index in [0.29, 0.717) is 0 Å². The maximum absolute atomic E-state index is 11.9. The van der Waals surface area contributed by atoms with E-state index in [1.165, 1.54) is 7.11 Å². The summed E-state index contributed by atoms with van der Waals surface area (Å²) in [5.74, 6) is -1.87. The first-order chi connectivity index (χ1) is 9.15. The van der Waals surface area contributed by atoms with Gasteiger partial charge in [-0.25, -0.2) is 9.59 Å². The van der Waals surface area contributed by atoms with Crippen molar-refractivity contribution in [2.24, 2.45) is 0 Å². The third-order valence-corrected chi connectivity index (χ3v) is 2.59. The van der Waals surface area contributed by atoms with Crippen molar-refractivity contribution in [1.29, 1.82) is 0 Å². The summed E-state index contributed by atoms with van der Waals surface area (Å²) in [5, 5.41) is 9.21. The average molecular weight is 289 g/mol. The second-order valence-corrected chi connectivity index (χ2v) is 5.35. The molecule has 0 bridgehead atoms. The van der Waals surface area contributed by atoms with Crippen LogP contribution in [0.25, 0.3) is 0 Å². The maximum atomic E-state index is 11.9. The molecule has 1 saturated heterocycles. The van der Waals surface area contributed by atoms with E-state index >= 15 is 0 Å². The second-order valence-electron chi connectivity index (χ2n) is 5.35. The van der Waals surface area contributed by atoms with Gasteiger partial charge in [-0.15, -0.1) is 0 Å². The van der Waals surface area contributed by atoms with E-state index in [1.807, 2.05) is 0 Å². The van der Waals surface area contributed by atoms with E-state index < -0.39 is 35.8 Å². The molecule has 8 heteroatoms. The number of rotatable bonds is 3. The number of carboxylic acids is 1. The van der Waals surface area contributed by atoms with E-state index in [4.69, 9.17) is 9.47 Å². The summed E-state index contributed by atoms with van der Waals surface area (Å²) in [5.41, 5.74) is -0.749. The summed E-state index contributed by atoms with van der Waals surface area (Å²) >= 11 is 0. The fraction of sp³-hybridized carbons (Fsp3) is 0.750. The minimum atomic E-state index is -1.27. The van der Waals surface area contributed by atoms with Gasteiger partial charge in [0.05, 0.1) is 13.5 Å². The third kappa shape index (κ3) is 4.09. The molecule has 1 fully saturated rings. The molecule has 2 atom stereocenters. The van der Waals surface area contributed by atoms with Crippen LogP contribution in [0.15, 0.2) is 0 Å². The molecule has 8 nitrogen and oxygen atoms in total. The van der Waals surface area contributed by atoms with Gasteiger partial charge in [-0.2, -0.15) is 0 Å². The molecule has 1 rings (SSSR count). The Bertz CT molecular complexity index is 401. The Kier molecular flexibility index (Phi) is 4.93. The number of carbonyl (C=O) groups is 3. The zero-order valence-corrected chi connectivity index (χ0v) is 11.9. The van der Waals surface area contributed by atoms with Crippen LogP contribution in [-0.2, 0) is 23.8 Å². The normalized spacial score (nSPS) is 22.5. The van der Waals surface area contributed by atoms with E-state index in [-0.39, 0.29) is 13.2 Å². The van der Waals surface area contributed by atoms with Crippen LogP contribution in [0.2, 0.25) is 0 Å². The molecule has 0 aromatic rings. The summed E-state index contributed by atoms with van der Waals surface area (Å²) < 4.78 is 14.8. The van der Waals surface area contributed by atoms with Gasteiger partial charge < -0.3 is 19.3 Å². The van der Waals surface area contributed by atoms with Gasteiger partial charge >= 0.3 is 18.0 Å². The molecule has 114 valence electrons. The minimum absolute atomic E-state index is 0.243. The van der Waals surface area contributed by atoms with Crippen LogP contribution in [0.5, 0.6) is 0 Å². The third-order valence-electron chi connectivity index (χ3n) is 2.59. The molecular weight excluding hydrogens is 270 g/mol. The zero-order chi connectivity index (χ0) is 15.5. The van der Waals surface area contributed by atoms with Gasteiger partial charge in [0.1, 0.15) is 18.4 Å². The topological polar surface area (TPSA) is 102 Å². The largest absolute Gasteiger partial charge is 0.480 e. The predicted molar refractivity (Wildman–Crippen MR) is 65.9 cm³/mol. The minimum Gasteiger partial charge on any atom is -0.480 e. The first-order valence-electron chi connectivity index (χ1n) is 6.06. The number of amides is 1. The van der Waals surface area contributed by atoms with Crippen molar-refractivity contribution >= 4 is 18.0 Å². The lowest BCUT2D eigenvalue weighted by Crippen LogP contribution is -2.47. The van der Waals surface area contributed by atoms with Crippen molar-refractivity contribution in [2.75, 3.05) is 13.8 Å². The van der Waals surface area contributed by atoms with E-state index in [2.05, 4.69) is 4.74 Å². The fourth-order valence-electron chi connectivity index (χ4n) is 1.75. The first-order valence-corrected chi connectivity index (χ1v) is 6.06. The standard InChI is InChI=1S/C12H19NO7/c1-12(2,3)20-11(17)13-6-19-7(5-8(14)18-4)9(13)10(15)16/h7,9H,5-6H2,1-4H3,(H,15,16)/t7-,9+/m1/s1. The Morgan fingerprint density at radius 2 is 1.95 bits per heavy atom. The average Bonchev–Trinajstić information content (AvgIpc) is 2.70. The molecule has 1 heterocycles. The second kappa shape index (κ2) is 6.08. The number of esters is 1. The van der Waals surface area contributed by atoms with Gasteiger partial charge in [0, 0.05) is 0 Å². The van der Waals surface area contributed by atoms with Crippen molar-refractivity contribution in [3.05, 3.63) is 0 Å². The van der Waals surface area contributed by atoms with Crippen molar-refractivity contribution in [3.8, 4) is 0 Å². The molecule has 1 aliphatic rings. The highest BCUT2D eigenvalue weighted by Crippen LogP contribution is 2.23. The summed E-state index contributed by atoms with van der Waals surface area (Å²) in [6.07, 6.45) is -1.99. The van der Waals surface area contributed by atoms with E-state index in [9.17, 15) is 19.5 Å². The molecule has 1 amide bonds. The maximum Gasteiger partial charge on any atom is 0.412 e. The first kappa shape index (κ1) is 16.2. The van der Waals surface area contributed by atoms with Crippen LogP contribution in [0.3, 0.4) is 0 Å². The van der Waals surface area contributed by atoms with Crippen LogP contribution in [0, 0.1) is 0 Å². The van der Waals surface area contributed by atoms with Crippen molar-refractivity contribution in [1.82, 2.24) is 4.90 Å². The van der Waals surface area contributed by atoms with Crippen molar-refractivity contribution in [3.63, 3.8) is 0 Å². The molecule has 1 aliphatic heterocycles. The molecule has 0 radical (unpaired) electrons. The Balaban J connectivity index is 2.80. The Morgan fingerprint density at radius 1 is 1.35 bits per heavy atom. The number of aliphatic carboxylic acids is 1. The summed E-state index contributed by atoms with van der Waals surface area (Å²) in [4.78, 5) is 35.4. The predicted octanol–water partition coefficient (Wildman–Crippen LogP) is 0.596. The Labute approximate surface area is 116 Å². The highest BCUT2D eigenvalue weighted by molar-refractivity contribution is 5.82. The number of hydrogen-bond donors (Lipinski definition) is 1. The van der Waals surface area contributed by atoms with Gasteiger partial charge in [-0.1, -0.05) is 0 Å². The SMILES string of the molecule is COC(=O)C[C@H]1OCN(C(=O)OC(C)(C)C)[C@@H]1C(=O)O. The van der Waals surface area contributed by atoms with Crippen molar-refractivity contribution < 1.29 is 33.7 Å². The number of carboxylic acid groups (broad SMARTS) is 1. The van der Waals surface area contributed by atoms with Gasteiger partial charge in [-0.05, 0) is 20.8 Å². The van der Waals surface area contributed by atoms with Gasteiger partial charge in [0.25, 0.3) is 0 Å². The number of methoxy groups -OCH3 is 1. The highest BCUT2D eigenvalue weighted by atomic mass is 16.6. The van der Waals surface area contributed by atoms with Gasteiger partial charge in [0.2, 0.25) is 0 Å². The van der Waals surface area contributed by atoms with Crippen LogP contribution in [0.4, 0.5) is 4.79 Å². The number of hydrogen-bond acceptors (Lipinski definition) is 6. The van der Waals surface area contributed by atoms with Gasteiger partial charge in [0.15, 0.2) is 6.04 Å². The number of carbonyl (C=O) groups excluding carboxylic acids is 2.